The van der Waals surface area contributed by atoms with Crippen molar-refractivity contribution in [1.29, 1.82) is 0 Å². The van der Waals surface area contributed by atoms with E-state index in [0.29, 0.717) is 10.7 Å². The molecule has 1 amide bonds. The summed E-state index contributed by atoms with van der Waals surface area (Å²) in [5.74, 6) is 0.623. The van der Waals surface area contributed by atoms with Crippen molar-refractivity contribution in [3.05, 3.63) is 95.1 Å². The van der Waals surface area contributed by atoms with Crippen molar-refractivity contribution in [3.63, 3.8) is 0 Å². The number of amides is 1. The first-order valence-corrected chi connectivity index (χ1v) is 10.5. The van der Waals surface area contributed by atoms with Crippen LogP contribution in [0.3, 0.4) is 0 Å². The molecule has 0 atom stereocenters. The highest BCUT2D eigenvalue weighted by Crippen LogP contribution is 2.23. The zero-order chi connectivity index (χ0) is 20.9. The predicted molar refractivity (Wildman–Crippen MR) is 119 cm³/mol. The Bertz CT molecular complexity index is 1160. The van der Waals surface area contributed by atoms with E-state index in [2.05, 4.69) is 33.0 Å². The second-order valence-electron chi connectivity index (χ2n) is 6.95. The van der Waals surface area contributed by atoms with Gasteiger partial charge in [0.15, 0.2) is 0 Å². The Morgan fingerprint density at radius 1 is 0.967 bits per heavy atom. The fourth-order valence-electron chi connectivity index (χ4n) is 2.93. The molecule has 1 aromatic heterocycles. The van der Waals surface area contributed by atoms with Crippen LogP contribution < -0.4 is 5.32 Å². The first kappa shape index (κ1) is 19.8. The van der Waals surface area contributed by atoms with Gasteiger partial charge in [-0.1, -0.05) is 48.2 Å². The van der Waals surface area contributed by atoms with Crippen LogP contribution in [0.5, 0.6) is 0 Å². The number of nitrogens with one attached hydrogen (secondary N) is 1. The monoisotopic (exact) mass is 415 g/mol. The number of aryl methyl sites for hydroxylation is 2. The molecule has 0 bridgehead atoms. The lowest BCUT2D eigenvalue weighted by molar-refractivity contribution is 0.102. The lowest BCUT2D eigenvalue weighted by Gasteiger charge is -2.09. The highest BCUT2D eigenvalue weighted by atomic mass is 32.2. The minimum Gasteiger partial charge on any atom is -0.322 e. The van der Waals surface area contributed by atoms with Crippen molar-refractivity contribution >= 4 is 23.4 Å². The van der Waals surface area contributed by atoms with Gasteiger partial charge < -0.3 is 5.32 Å². The van der Waals surface area contributed by atoms with Gasteiger partial charge in [0.1, 0.15) is 0 Å². The average molecular weight is 416 g/mol. The van der Waals surface area contributed by atoms with E-state index >= 15 is 0 Å². The number of aromatic nitrogens is 4. The van der Waals surface area contributed by atoms with Crippen molar-refractivity contribution in [3.8, 4) is 5.69 Å². The van der Waals surface area contributed by atoms with Gasteiger partial charge in [0.05, 0.1) is 5.69 Å². The molecule has 0 spiro atoms. The number of rotatable bonds is 6. The number of carbonyl (C=O) groups is 1. The molecule has 30 heavy (non-hydrogen) atoms. The summed E-state index contributed by atoms with van der Waals surface area (Å²) < 4.78 is 1.68. The number of nitrogens with zero attached hydrogens (tertiary/aromatic N) is 4. The van der Waals surface area contributed by atoms with Crippen LogP contribution in [0.4, 0.5) is 5.69 Å². The quantitative estimate of drug-likeness (QED) is 0.457. The van der Waals surface area contributed by atoms with Crippen molar-refractivity contribution < 1.29 is 4.79 Å². The average Bonchev–Trinajstić information content (AvgIpc) is 3.24. The smallest absolute Gasteiger partial charge is 0.255 e. The van der Waals surface area contributed by atoms with Crippen LogP contribution in [-0.2, 0) is 5.75 Å². The highest BCUT2D eigenvalue weighted by molar-refractivity contribution is 7.98. The van der Waals surface area contributed by atoms with Gasteiger partial charge in [-0.15, -0.1) is 5.10 Å². The van der Waals surface area contributed by atoms with Crippen molar-refractivity contribution in [2.24, 2.45) is 0 Å². The number of thioether (sulfide) groups is 1. The second-order valence-corrected chi connectivity index (χ2v) is 7.89. The van der Waals surface area contributed by atoms with Crippen LogP contribution in [0.25, 0.3) is 5.69 Å². The van der Waals surface area contributed by atoms with Gasteiger partial charge in [-0.3, -0.25) is 4.79 Å². The van der Waals surface area contributed by atoms with Crippen LogP contribution in [0.1, 0.15) is 27.0 Å². The molecule has 0 fully saturated rings. The van der Waals surface area contributed by atoms with Crippen LogP contribution in [0.2, 0.25) is 0 Å². The molecule has 6 nitrogen and oxygen atoms in total. The maximum Gasteiger partial charge on any atom is 0.255 e. The number of carbonyl (C=O) groups excluding carboxylic acids is 1. The van der Waals surface area contributed by atoms with E-state index in [9.17, 15) is 4.79 Å². The molecule has 0 saturated heterocycles. The Balaban J connectivity index is 1.45. The summed E-state index contributed by atoms with van der Waals surface area (Å²) in [6.45, 7) is 4.07. The van der Waals surface area contributed by atoms with E-state index in [4.69, 9.17) is 0 Å². The van der Waals surface area contributed by atoms with Crippen molar-refractivity contribution in [1.82, 2.24) is 20.2 Å². The summed E-state index contributed by atoms with van der Waals surface area (Å²) in [7, 11) is 0. The Hall–Kier alpha value is -3.45. The molecule has 4 aromatic rings. The molecule has 3 aromatic carbocycles. The molecule has 7 heteroatoms. The summed E-state index contributed by atoms with van der Waals surface area (Å²) >= 11 is 1.56. The van der Waals surface area contributed by atoms with E-state index in [-0.39, 0.29) is 5.91 Å². The summed E-state index contributed by atoms with van der Waals surface area (Å²) in [5.41, 5.74) is 5.70. The maximum absolute atomic E-state index is 12.6. The molecule has 1 heterocycles. The molecular formula is C23H21N5OS. The molecule has 0 aliphatic heterocycles. The van der Waals surface area contributed by atoms with Crippen molar-refractivity contribution in [2.75, 3.05) is 5.32 Å². The standard InChI is InChI=1S/C23H21N5OS/c1-16-8-11-20(14-17(16)2)24-22(29)19-9-12-21(13-10-19)28-23(25-26-27-28)30-15-18-6-4-3-5-7-18/h3-14H,15H2,1-2H3,(H,24,29). The van der Waals surface area contributed by atoms with E-state index in [1.165, 1.54) is 11.1 Å². The van der Waals surface area contributed by atoms with Gasteiger partial charge in [-0.25, -0.2) is 0 Å². The van der Waals surface area contributed by atoms with E-state index in [1.54, 1.807) is 28.6 Å². The molecule has 4 rings (SSSR count). The number of anilines is 1. The molecule has 1 N–H and O–H groups in total. The van der Waals surface area contributed by atoms with E-state index in [1.807, 2.05) is 62.4 Å². The SMILES string of the molecule is Cc1ccc(NC(=O)c2ccc(-n3nnnc3SCc3ccccc3)cc2)cc1C. The highest BCUT2D eigenvalue weighted by Gasteiger charge is 2.11. The van der Waals surface area contributed by atoms with E-state index in [0.717, 1.165) is 22.7 Å². The van der Waals surface area contributed by atoms with Crippen LogP contribution in [0, 0.1) is 13.8 Å². The third-order valence-electron chi connectivity index (χ3n) is 4.79. The molecule has 0 radical (unpaired) electrons. The predicted octanol–water partition coefficient (Wildman–Crippen LogP) is 4.82. The molecule has 0 unspecified atom stereocenters. The van der Waals surface area contributed by atoms with Crippen LogP contribution in [-0.4, -0.2) is 26.1 Å². The lowest BCUT2D eigenvalue weighted by Crippen LogP contribution is -2.12. The van der Waals surface area contributed by atoms with Gasteiger partial charge in [-0.05, 0) is 77.4 Å². The van der Waals surface area contributed by atoms with Crippen molar-refractivity contribution in [2.45, 2.75) is 24.8 Å². The van der Waals surface area contributed by atoms with E-state index < -0.39 is 0 Å². The maximum atomic E-state index is 12.6. The summed E-state index contributed by atoms with van der Waals surface area (Å²) in [4.78, 5) is 12.6. The summed E-state index contributed by atoms with van der Waals surface area (Å²) in [6.07, 6.45) is 0. The molecular weight excluding hydrogens is 394 g/mol. The summed E-state index contributed by atoms with van der Waals surface area (Å²) in [5, 5.41) is 15.7. The number of hydrogen-bond donors (Lipinski definition) is 1. The van der Waals surface area contributed by atoms with Gasteiger partial charge in [0, 0.05) is 17.0 Å². The fourth-order valence-corrected chi connectivity index (χ4v) is 3.78. The second kappa shape index (κ2) is 8.92. The zero-order valence-electron chi connectivity index (χ0n) is 16.7. The topological polar surface area (TPSA) is 72.7 Å². The Morgan fingerprint density at radius 2 is 1.73 bits per heavy atom. The Morgan fingerprint density at radius 3 is 2.47 bits per heavy atom. The zero-order valence-corrected chi connectivity index (χ0v) is 17.6. The molecule has 0 aliphatic rings. The van der Waals surface area contributed by atoms with Gasteiger partial charge in [0.25, 0.3) is 5.91 Å². The first-order chi connectivity index (χ1) is 14.6. The molecule has 150 valence electrons. The Labute approximate surface area is 179 Å². The number of benzene rings is 3. The van der Waals surface area contributed by atoms with Gasteiger partial charge in [0.2, 0.25) is 5.16 Å². The fraction of sp³-hybridized carbons (Fsp3) is 0.130. The number of tetrazole rings is 1. The van der Waals surface area contributed by atoms with Crippen LogP contribution >= 0.6 is 11.8 Å². The Kier molecular flexibility index (Phi) is 5.90. The third kappa shape index (κ3) is 4.58. The first-order valence-electron chi connectivity index (χ1n) is 9.54. The summed E-state index contributed by atoms with van der Waals surface area (Å²) in [6, 6.07) is 23.3. The van der Waals surface area contributed by atoms with Crippen LogP contribution in [0.15, 0.2) is 78.0 Å². The molecule has 0 aliphatic carbocycles. The third-order valence-corrected chi connectivity index (χ3v) is 5.78. The van der Waals surface area contributed by atoms with Gasteiger partial charge in [-0.2, -0.15) is 4.68 Å². The van der Waals surface area contributed by atoms with Gasteiger partial charge >= 0.3 is 0 Å². The minimum absolute atomic E-state index is 0.153. The minimum atomic E-state index is -0.153. The normalized spacial score (nSPS) is 10.7. The largest absolute Gasteiger partial charge is 0.322 e. The number of hydrogen-bond acceptors (Lipinski definition) is 5. The lowest BCUT2D eigenvalue weighted by atomic mass is 10.1. The molecule has 0 saturated carbocycles.